The number of rotatable bonds is 5. The maximum absolute atomic E-state index is 14.6. The van der Waals surface area contributed by atoms with E-state index in [2.05, 4.69) is 5.32 Å². The second-order valence-electron chi connectivity index (χ2n) is 5.96. The summed E-state index contributed by atoms with van der Waals surface area (Å²) in [5.41, 5.74) is 1.01. The number of hydrogen-bond donors (Lipinski definition) is 1. The molecule has 0 unspecified atom stereocenters. The number of aryl methyl sites for hydroxylation is 1. The molecular formula is C21H14ClF2NO3. The van der Waals surface area contributed by atoms with Crippen molar-refractivity contribution in [3.8, 4) is 16.9 Å². The fraction of sp³-hybridized carbons (Fsp3) is 0.0476. The molecule has 0 fully saturated rings. The van der Waals surface area contributed by atoms with Crippen molar-refractivity contribution in [2.75, 3.05) is 5.32 Å². The predicted molar refractivity (Wildman–Crippen MR) is 103 cm³/mol. The first-order chi connectivity index (χ1) is 13.4. The molecule has 0 aromatic heterocycles. The first-order valence-electron chi connectivity index (χ1n) is 8.17. The summed E-state index contributed by atoms with van der Waals surface area (Å²) < 4.78 is 33.5. The molecule has 0 aliphatic carbocycles. The van der Waals surface area contributed by atoms with E-state index >= 15 is 0 Å². The van der Waals surface area contributed by atoms with Crippen molar-refractivity contribution in [1.82, 2.24) is 0 Å². The summed E-state index contributed by atoms with van der Waals surface area (Å²) >= 11 is 6.14. The summed E-state index contributed by atoms with van der Waals surface area (Å²) in [6.07, 6.45) is 0. The number of carbonyl (C=O) groups is 2. The van der Waals surface area contributed by atoms with Crippen LogP contribution in [0.1, 0.15) is 15.9 Å². The second kappa shape index (κ2) is 8.19. The number of amides is 1. The Kier molecular flexibility index (Phi) is 5.70. The average Bonchev–Trinajstić information content (AvgIpc) is 2.67. The van der Waals surface area contributed by atoms with Gasteiger partial charge in [-0.2, -0.15) is 0 Å². The van der Waals surface area contributed by atoms with Crippen molar-refractivity contribution in [3.05, 3.63) is 82.4 Å². The van der Waals surface area contributed by atoms with Gasteiger partial charge in [0.2, 0.25) is 0 Å². The molecule has 28 heavy (non-hydrogen) atoms. The van der Waals surface area contributed by atoms with Crippen molar-refractivity contribution >= 4 is 29.7 Å². The number of benzene rings is 3. The molecule has 3 aromatic rings. The number of anilines is 1. The highest BCUT2D eigenvalue weighted by Gasteiger charge is 2.18. The first kappa shape index (κ1) is 19.5. The average molecular weight is 402 g/mol. The quantitative estimate of drug-likeness (QED) is 0.584. The lowest BCUT2D eigenvalue weighted by Gasteiger charge is -2.13. The molecule has 0 bridgehead atoms. The van der Waals surface area contributed by atoms with Crippen LogP contribution in [0.15, 0.2) is 54.6 Å². The molecule has 3 rings (SSSR count). The third kappa shape index (κ3) is 4.02. The van der Waals surface area contributed by atoms with Crippen LogP contribution in [0.4, 0.5) is 14.5 Å². The predicted octanol–water partition coefficient (Wildman–Crippen LogP) is 5.38. The van der Waals surface area contributed by atoms with Crippen LogP contribution in [-0.4, -0.2) is 12.4 Å². The Morgan fingerprint density at radius 2 is 1.82 bits per heavy atom. The van der Waals surface area contributed by atoms with Crippen molar-refractivity contribution in [2.45, 2.75) is 6.92 Å². The summed E-state index contributed by atoms with van der Waals surface area (Å²) in [4.78, 5) is 23.0. The zero-order valence-corrected chi connectivity index (χ0v) is 15.4. The topological polar surface area (TPSA) is 55.4 Å². The molecule has 7 heteroatoms. The van der Waals surface area contributed by atoms with Crippen molar-refractivity contribution < 1.29 is 23.1 Å². The Bertz CT molecular complexity index is 1050. The molecule has 0 spiro atoms. The Hall–Kier alpha value is -3.25. The molecule has 1 amide bonds. The fourth-order valence-corrected chi connectivity index (χ4v) is 2.95. The van der Waals surface area contributed by atoms with Gasteiger partial charge in [-0.1, -0.05) is 35.4 Å². The zero-order valence-electron chi connectivity index (χ0n) is 14.6. The Morgan fingerprint density at radius 3 is 2.54 bits per heavy atom. The summed E-state index contributed by atoms with van der Waals surface area (Å²) in [5.74, 6) is -2.04. The standard InChI is InChI=1S/C21H14ClF2NO3/c1-12-6-7-17(23)15(8-12)13-9-16(22)20(18(24)10-13)25-21(27)14-4-2-3-5-19(14)28-11-26/h2-11H,1H3,(H,25,27). The van der Waals surface area contributed by atoms with E-state index in [0.29, 0.717) is 0 Å². The monoisotopic (exact) mass is 401 g/mol. The van der Waals surface area contributed by atoms with Gasteiger partial charge in [0, 0.05) is 5.56 Å². The molecule has 1 N–H and O–H groups in total. The van der Waals surface area contributed by atoms with E-state index < -0.39 is 17.5 Å². The smallest absolute Gasteiger partial charge is 0.298 e. The Balaban J connectivity index is 1.95. The highest BCUT2D eigenvalue weighted by Crippen LogP contribution is 2.34. The van der Waals surface area contributed by atoms with Gasteiger partial charge in [0.1, 0.15) is 17.4 Å². The molecule has 3 aromatic carbocycles. The van der Waals surface area contributed by atoms with Crippen molar-refractivity contribution in [2.24, 2.45) is 0 Å². The Labute approximate surface area is 164 Å². The normalized spacial score (nSPS) is 10.4. The van der Waals surface area contributed by atoms with Crippen molar-refractivity contribution in [1.29, 1.82) is 0 Å². The van der Waals surface area contributed by atoms with Crippen LogP contribution in [0, 0.1) is 18.6 Å². The van der Waals surface area contributed by atoms with Gasteiger partial charge >= 0.3 is 0 Å². The van der Waals surface area contributed by atoms with Crippen LogP contribution in [-0.2, 0) is 4.79 Å². The number of hydrogen-bond acceptors (Lipinski definition) is 3. The lowest BCUT2D eigenvalue weighted by Crippen LogP contribution is -2.15. The Morgan fingerprint density at radius 1 is 1.07 bits per heavy atom. The van der Waals surface area contributed by atoms with Crippen LogP contribution in [0.25, 0.3) is 11.1 Å². The number of para-hydroxylation sites is 1. The minimum atomic E-state index is -0.828. The minimum Gasteiger partial charge on any atom is -0.428 e. The molecule has 0 aliphatic heterocycles. The zero-order chi connectivity index (χ0) is 20.3. The summed E-state index contributed by atoms with van der Waals surface area (Å²) in [6, 6.07) is 12.9. The van der Waals surface area contributed by atoms with Gasteiger partial charge in [-0.05, 0) is 48.9 Å². The van der Waals surface area contributed by atoms with E-state index in [1.54, 1.807) is 31.2 Å². The lowest BCUT2D eigenvalue weighted by atomic mass is 10.0. The van der Waals surface area contributed by atoms with Gasteiger partial charge in [-0.25, -0.2) is 8.78 Å². The third-order valence-corrected chi connectivity index (χ3v) is 4.32. The summed E-state index contributed by atoms with van der Waals surface area (Å²) in [7, 11) is 0. The molecule has 0 saturated carbocycles. The van der Waals surface area contributed by atoms with E-state index in [9.17, 15) is 18.4 Å². The van der Waals surface area contributed by atoms with Gasteiger partial charge in [0.05, 0.1) is 16.3 Å². The van der Waals surface area contributed by atoms with Gasteiger partial charge in [0.15, 0.2) is 0 Å². The highest BCUT2D eigenvalue weighted by atomic mass is 35.5. The maximum atomic E-state index is 14.6. The van der Waals surface area contributed by atoms with E-state index in [-0.39, 0.29) is 39.6 Å². The molecule has 0 saturated heterocycles. The van der Waals surface area contributed by atoms with Gasteiger partial charge in [-0.15, -0.1) is 0 Å². The number of ether oxygens (including phenoxy) is 1. The molecule has 0 aliphatic rings. The molecule has 0 heterocycles. The van der Waals surface area contributed by atoms with E-state index in [1.807, 2.05) is 0 Å². The van der Waals surface area contributed by atoms with Crippen molar-refractivity contribution in [3.63, 3.8) is 0 Å². The molecule has 4 nitrogen and oxygen atoms in total. The maximum Gasteiger partial charge on any atom is 0.298 e. The van der Waals surface area contributed by atoms with Gasteiger partial charge < -0.3 is 10.1 Å². The number of carbonyl (C=O) groups excluding carboxylic acids is 2. The van der Waals surface area contributed by atoms with Gasteiger partial charge in [0.25, 0.3) is 12.4 Å². The lowest BCUT2D eigenvalue weighted by molar-refractivity contribution is -0.120. The highest BCUT2D eigenvalue weighted by molar-refractivity contribution is 6.34. The number of nitrogens with one attached hydrogen (secondary N) is 1. The van der Waals surface area contributed by atoms with Crippen LogP contribution in [0.3, 0.4) is 0 Å². The fourth-order valence-electron chi connectivity index (χ4n) is 2.70. The van der Waals surface area contributed by atoms with E-state index in [1.165, 1.54) is 24.3 Å². The van der Waals surface area contributed by atoms with Crippen LogP contribution >= 0.6 is 11.6 Å². The largest absolute Gasteiger partial charge is 0.428 e. The number of halogens is 3. The molecule has 142 valence electrons. The SMILES string of the molecule is Cc1ccc(F)c(-c2cc(F)c(NC(=O)c3ccccc3OC=O)c(Cl)c2)c1. The van der Waals surface area contributed by atoms with E-state index in [4.69, 9.17) is 16.3 Å². The molecule has 0 atom stereocenters. The summed E-state index contributed by atoms with van der Waals surface area (Å²) in [6.45, 7) is 1.97. The van der Waals surface area contributed by atoms with Crippen LogP contribution < -0.4 is 10.1 Å². The van der Waals surface area contributed by atoms with Gasteiger partial charge in [-0.3, -0.25) is 9.59 Å². The molecule has 0 radical (unpaired) electrons. The summed E-state index contributed by atoms with van der Waals surface area (Å²) in [5, 5.41) is 2.26. The second-order valence-corrected chi connectivity index (χ2v) is 6.37. The van der Waals surface area contributed by atoms with Crippen LogP contribution in [0.2, 0.25) is 5.02 Å². The first-order valence-corrected chi connectivity index (χ1v) is 8.54. The van der Waals surface area contributed by atoms with E-state index in [0.717, 1.165) is 11.6 Å². The van der Waals surface area contributed by atoms with Crippen LogP contribution in [0.5, 0.6) is 5.75 Å². The third-order valence-electron chi connectivity index (χ3n) is 4.02. The molecular weight excluding hydrogens is 388 g/mol. The minimum absolute atomic E-state index is 0.0185.